The van der Waals surface area contributed by atoms with Gasteiger partial charge in [0.2, 0.25) is 0 Å². The SMILES string of the molecule is COCC(O)(C1CC1)C1(C#N)CCC(C)(C)CC1. The van der Waals surface area contributed by atoms with E-state index in [1.807, 2.05) is 0 Å². The van der Waals surface area contributed by atoms with Gasteiger partial charge in [0.25, 0.3) is 0 Å². The lowest BCUT2D eigenvalue weighted by atomic mass is 9.58. The van der Waals surface area contributed by atoms with E-state index >= 15 is 0 Å². The largest absolute Gasteiger partial charge is 0.386 e. The molecule has 2 rings (SSSR count). The zero-order valence-corrected chi connectivity index (χ0v) is 11.8. The first kappa shape index (κ1) is 13.8. The van der Waals surface area contributed by atoms with Gasteiger partial charge in [-0.15, -0.1) is 0 Å². The van der Waals surface area contributed by atoms with Gasteiger partial charge in [0.1, 0.15) is 5.60 Å². The van der Waals surface area contributed by atoms with Crippen molar-refractivity contribution in [2.45, 2.75) is 58.0 Å². The molecule has 1 N–H and O–H groups in total. The Balaban J connectivity index is 2.23. The average molecular weight is 251 g/mol. The molecule has 2 aliphatic carbocycles. The van der Waals surface area contributed by atoms with Crippen molar-refractivity contribution in [3.63, 3.8) is 0 Å². The summed E-state index contributed by atoms with van der Waals surface area (Å²) >= 11 is 0. The zero-order chi connectivity index (χ0) is 13.4. The molecule has 2 aliphatic rings. The molecule has 0 saturated heterocycles. The van der Waals surface area contributed by atoms with Crippen molar-refractivity contribution in [3.05, 3.63) is 0 Å². The maximum absolute atomic E-state index is 11.0. The zero-order valence-electron chi connectivity index (χ0n) is 11.8. The molecule has 0 aromatic carbocycles. The molecule has 2 fully saturated rings. The molecule has 0 aromatic rings. The van der Waals surface area contributed by atoms with Crippen LogP contribution in [-0.4, -0.2) is 24.4 Å². The van der Waals surface area contributed by atoms with Crippen molar-refractivity contribution in [2.75, 3.05) is 13.7 Å². The fourth-order valence-electron chi connectivity index (χ4n) is 3.42. The van der Waals surface area contributed by atoms with Crippen LogP contribution in [0.2, 0.25) is 0 Å². The van der Waals surface area contributed by atoms with Gasteiger partial charge < -0.3 is 9.84 Å². The van der Waals surface area contributed by atoms with E-state index in [-0.39, 0.29) is 5.92 Å². The van der Waals surface area contributed by atoms with E-state index in [1.54, 1.807) is 7.11 Å². The highest BCUT2D eigenvalue weighted by Crippen LogP contribution is 2.57. The highest BCUT2D eigenvalue weighted by atomic mass is 16.5. The lowest BCUT2D eigenvalue weighted by Gasteiger charge is -2.48. The lowest BCUT2D eigenvalue weighted by Crippen LogP contribution is -2.55. The third kappa shape index (κ3) is 2.17. The number of ether oxygens (including phenoxy) is 1. The van der Waals surface area contributed by atoms with Gasteiger partial charge in [-0.05, 0) is 49.9 Å². The number of hydrogen-bond acceptors (Lipinski definition) is 3. The molecule has 0 heterocycles. The van der Waals surface area contributed by atoms with Crippen molar-refractivity contribution < 1.29 is 9.84 Å². The first-order chi connectivity index (χ1) is 8.39. The van der Waals surface area contributed by atoms with Crippen LogP contribution >= 0.6 is 0 Å². The molecule has 0 aromatic heterocycles. The molecule has 1 unspecified atom stereocenters. The van der Waals surface area contributed by atoms with E-state index in [0.29, 0.717) is 12.0 Å². The Hall–Kier alpha value is -0.590. The van der Waals surface area contributed by atoms with Crippen molar-refractivity contribution in [2.24, 2.45) is 16.7 Å². The van der Waals surface area contributed by atoms with Crippen molar-refractivity contribution in [3.8, 4) is 6.07 Å². The Kier molecular flexibility index (Phi) is 3.46. The summed E-state index contributed by atoms with van der Waals surface area (Å²) in [6.07, 6.45) is 5.69. The molecule has 2 saturated carbocycles. The van der Waals surface area contributed by atoms with Crippen LogP contribution in [0.25, 0.3) is 0 Å². The molecular weight excluding hydrogens is 226 g/mol. The van der Waals surface area contributed by atoms with Gasteiger partial charge >= 0.3 is 0 Å². The molecule has 0 bridgehead atoms. The van der Waals surface area contributed by atoms with E-state index in [1.165, 1.54) is 0 Å². The van der Waals surface area contributed by atoms with Crippen LogP contribution in [0, 0.1) is 28.1 Å². The van der Waals surface area contributed by atoms with Crippen LogP contribution in [0.1, 0.15) is 52.4 Å². The van der Waals surface area contributed by atoms with E-state index in [4.69, 9.17) is 4.74 Å². The maximum Gasteiger partial charge on any atom is 0.109 e. The number of methoxy groups -OCH3 is 1. The van der Waals surface area contributed by atoms with Gasteiger partial charge in [0, 0.05) is 7.11 Å². The van der Waals surface area contributed by atoms with Crippen LogP contribution < -0.4 is 0 Å². The minimum atomic E-state index is -0.938. The number of nitriles is 1. The topological polar surface area (TPSA) is 53.2 Å². The lowest BCUT2D eigenvalue weighted by molar-refractivity contribution is -0.137. The predicted molar refractivity (Wildman–Crippen MR) is 69.8 cm³/mol. The molecule has 18 heavy (non-hydrogen) atoms. The first-order valence-corrected chi connectivity index (χ1v) is 7.02. The summed E-state index contributed by atoms with van der Waals surface area (Å²) in [5, 5.41) is 20.7. The fraction of sp³-hybridized carbons (Fsp3) is 0.933. The quantitative estimate of drug-likeness (QED) is 0.836. The number of nitrogens with zero attached hydrogens (tertiary/aromatic N) is 1. The second kappa shape index (κ2) is 4.51. The van der Waals surface area contributed by atoms with E-state index in [0.717, 1.165) is 38.5 Å². The molecule has 1 atom stereocenters. The Bertz CT molecular complexity index is 344. The summed E-state index contributed by atoms with van der Waals surface area (Å²) < 4.78 is 5.24. The molecule has 3 nitrogen and oxygen atoms in total. The van der Waals surface area contributed by atoms with Crippen LogP contribution in [0.5, 0.6) is 0 Å². The number of aliphatic hydroxyl groups is 1. The fourth-order valence-corrected chi connectivity index (χ4v) is 3.42. The molecule has 3 heteroatoms. The summed E-state index contributed by atoms with van der Waals surface area (Å²) in [4.78, 5) is 0. The number of rotatable bonds is 4. The summed E-state index contributed by atoms with van der Waals surface area (Å²) in [5.74, 6) is 0.262. The second-order valence-corrected chi connectivity index (χ2v) is 6.99. The Morgan fingerprint density at radius 2 is 1.83 bits per heavy atom. The standard InChI is InChI=1S/C15H25NO2/c1-13(2)6-8-14(10-16,9-7-13)15(17,11-18-3)12-4-5-12/h12,17H,4-9,11H2,1-3H3. The van der Waals surface area contributed by atoms with Crippen molar-refractivity contribution in [1.29, 1.82) is 5.26 Å². The van der Waals surface area contributed by atoms with Crippen LogP contribution in [0.4, 0.5) is 0 Å². The van der Waals surface area contributed by atoms with Gasteiger partial charge in [-0.2, -0.15) is 5.26 Å². The van der Waals surface area contributed by atoms with E-state index in [2.05, 4.69) is 19.9 Å². The highest BCUT2D eigenvalue weighted by molar-refractivity contribution is 5.18. The minimum absolute atomic E-state index is 0.262. The molecule has 0 aliphatic heterocycles. The predicted octanol–water partition coefficient (Wildman–Crippen LogP) is 2.88. The summed E-state index contributed by atoms with van der Waals surface area (Å²) in [6, 6.07) is 2.47. The van der Waals surface area contributed by atoms with E-state index < -0.39 is 11.0 Å². The minimum Gasteiger partial charge on any atom is -0.386 e. The van der Waals surface area contributed by atoms with Gasteiger partial charge in [-0.1, -0.05) is 13.8 Å². The summed E-state index contributed by atoms with van der Waals surface area (Å²) in [5.41, 5.74) is -1.23. The monoisotopic (exact) mass is 251 g/mol. The molecular formula is C15H25NO2. The first-order valence-electron chi connectivity index (χ1n) is 7.02. The molecule has 102 valence electrons. The smallest absolute Gasteiger partial charge is 0.109 e. The average Bonchev–Trinajstić information content (AvgIpc) is 3.14. The second-order valence-electron chi connectivity index (χ2n) is 6.99. The van der Waals surface area contributed by atoms with Gasteiger partial charge in [-0.25, -0.2) is 0 Å². The summed E-state index contributed by atoms with van der Waals surface area (Å²) in [7, 11) is 1.62. The molecule has 0 amide bonds. The van der Waals surface area contributed by atoms with Crippen molar-refractivity contribution in [1.82, 2.24) is 0 Å². The number of hydrogen-bond donors (Lipinski definition) is 1. The maximum atomic E-state index is 11.0. The van der Waals surface area contributed by atoms with Crippen LogP contribution in [0.15, 0.2) is 0 Å². The Morgan fingerprint density at radius 3 is 2.22 bits per heavy atom. The summed E-state index contributed by atoms with van der Waals surface area (Å²) in [6.45, 7) is 4.80. The van der Waals surface area contributed by atoms with Gasteiger partial charge in [-0.3, -0.25) is 0 Å². The van der Waals surface area contributed by atoms with E-state index in [9.17, 15) is 10.4 Å². The molecule has 0 spiro atoms. The molecule has 0 radical (unpaired) electrons. The van der Waals surface area contributed by atoms with Crippen LogP contribution in [-0.2, 0) is 4.74 Å². The third-order valence-corrected chi connectivity index (χ3v) is 5.12. The van der Waals surface area contributed by atoms with Gasteiger partial charge in [0.15, 0.2) is 0 Å². The van der Waals surface area contributed by atoms with Gasteiger partial charge in [0.05, 0.1) is 18.1 Å². The third-order valence-electron chi connectivity index (χ3n) is 5.12. The Morgan fingerprint density at radius 1 is 1.28 bits per heavy atom. The normalized spacial score (nSPS) is 29.3. The van der Waals surface area contributed by atoms with Crippen molar-refractivity contribution >= 4 is 0 Å². The Labute approximate surface area is 110 Å². The van der Waals surface area contributed by atoms with Crippen LogP contribution in [0.3, 0.4) is 0 Å². The highest BCUT2D eigenvalue weighted by Gasteiger charge is 2.59.